The van der Waals surface area contributed by atoms with E-state index in [4.69, 9.17) is 11.5 Å². The SMILES string of the molecule is CC1C#CC2C(C)(C)C2(N)C1N. The Hall–Kier alpha value is -0.520. The Kier molecular flexibility index (Phi) is 1.26. The van der Waals surface area contributed by atoms with E-state index in [2.05, 4.69) is 32.6 Å². The summed E-state index contributed by atoms with van der Waals surface area (Å²) in [5.41, 5.74) is 12.2. The first kappa shape index (κ1) is 8.10. The average Bonchev–Trinajstić information content (AvgIpc) is 2.42. The molecule has 0 amide bonds. The Morgan fingerprint density at radius 2 is 1.83 bits per heavy atom. The van der Waals surface area contributed by atoms with Crippen LogP contribution < -0.4 is 11.5 Å². The van der Waals surface area contributed by atoms with E-state index in [9.17, 15) is 0 Å². The molecule has 0 aromatic carbocycles. The number of hydrogen-bond donors (Lipinski definition) is 2. The normalized spacial score (nSPS) is 53.6. The Balaban J connectivity index is 2.40. The topological polar surface area (TPSA) is 52.0 Å². The van der Waals surface area contributed by atoms with Gasteiger partial charge in [-0.3, -0.25) is 0 Å². The molecule has 0 heterocycles. The summed E-state index contributed by atoms with van der Waals surface area (Å²) in [5, 5.41) is 0. The summed E-state index contributed by atoms with van der Waals surface area (Å²) in [7, 11) is 0. The predicted octanol–water partition coefficient (Wildman–Crippen LogP) is 0.320. The van der Waals surface area contributed by atoms with Gasteiger partial charge in [-0.1, -0.05) is 25.7 Å². The van der Waals surface area contributed by atoms with Crippen molar-refractivity contribution in [2.75, 3.05) is 0 Å². The van der Waals surface area contributed by atoms with Gasteiger partial charge in [-0.15, -0.1) is 0 Å². The van der Waals surface area contributed by atoms with Crippen LogP contribution in [0.3, 0.4) is 0 Å². The third kappa shape index (κ3) is 0.608. The van der Waals surface area contributed by atoms with Gasteiger partial charge in [0.25, 0.3) is 0 Å². The van der Waals surface area contributed by atoms with Crippen molar-refractivity contribution in [3.63, 3.8) is 0 Å². The van der Waals surface area contributed by atoms with Gasteiger partial charge in [0.1, 0.15) is 0 Å². The van der Waals surface area contributed by atoms with Gasteiger partial charge in [0.05, 0.1) is 5.54 Å². The largest absolute Gasteiger partial charge is 0.325 e. The first-order chi connectivity index (χ1) is 5.42. The van der Waals surface area contributed by atoms with Crippen LogP contribution in [0.4, 0.5) is 0 Å². The van der Waals surface area contributed by atoms with E-state index >= 15 is 0 Å². The molecule has 2 aliphatic rings. The lowest BCUT2D eigenvalue weighted by molar-refractivity contribution is 0.366. The minimum atomic E-state index is -0.225. The Labute approximate surface area is 73.7 Å². The number of hydrogen-bond acceptors (Lipinski definition) is 2. The number of nitrogens with two attached hydrogens (primary N) is 2. The van der Waals surface area contributed by atoms with Crippen LogP contribution >= 0.6 is 0 Å². The maximum atomic E-state index is 6.24. The van der Waals surface area contributed by atoms with Gasteiger partial charge in [-0.2, -0.15) is 0 Å². The second kappa shape index (κ2) is 1.86. The Bertz CT molecular complexity index is 284. The highest BCUT2D eigenvalue weighted by atomic mass is 15.0. The zero-order chi connectivity index (χ0) is 9.15. The zero-order valence-electron chi connectivity index (χ0n) is 7.89. The van der Waals surface area contributed by atoms with E-state index in [-0.39, 0.29) is 22.9 Å². The summed E-state index contributed by atoms with van der Waals surface area (Å²) >= 11 is 0. The monoisotopic (exact) mass is 164 g/mol. The second-order valence-electron chi connectivity index (χ2n) is 4.69. The van der Waals surface area contributed by atoms with Crippen molar-refractivity contribution in [3.8, 4) is 11.8 Å². The minimum Gasteiger partial charge on any atom is -0.325 e. The molecule has 0 aromatic rings. The maximum absolute atomic E-state index is 6.24. The molecule has 12 heavy (non-hydrogen) atoms. The van der Waals surface area contributed by atoms with Gasteiger partial charge in [0.15, 0.2) is 0 Å². The van der Waals surface area contributed by atoms with E-state index in [1.807, 2.05) is 0 Å². The van der Waals surface area contributed by atoms with Crippen molar-refractivity contribution in [2.24, 2.45) is 28.7 Å². The Morgan fingerprint density at radius 3 is 2.33 bits per heavy atom. The lowest BCUT2D eigenvalue weighted by atomic mass is 9.87. The summed E-state index contributed by atoms with van der Waals surface area (Å²) in [6.45, 7) is 6.37. The smallest absolute Gasteiger partial charge is 0.0529 e. The van der Waals surface area contributed by atoms with Crippen LogP contribution in [0.1, 0.15) is 20.8 Å². The summed E-state index contributed by atoms with van der Waals surface area (Å²) in [5.74, 6) is 6.92. The average molecular weight is 164 g/mol. The van der Waals surface area contributed by atoms with Crippen LogP contribution in [-0.4, -0.2) is 11.6 Å². The molecule has 1 fully saturated rings. The van der Waals surface area contributed by atoms with Crippen molar-refractivity contribution >= 4 is 0 Å². The van der Waals surface area contributed by atoms with Crippen molar-refractivity contribution in [2.45, 2.75) is 32.4 Å². The molecule has 0 radical (unpaired) electrons. The first-order valence-electron chi connectivity index (χ1n) is 4.48. The fourth-order valence-electron chi connectivity index (χ4n) is 2.47. The summed E-state index contributed by atoms with van der Waals surface area (Å²) in [6.07, 6.45) is 0. The fraction of sp³-hybridized carbons (Fsp3) is 0.800. The molecule has 4 unspecified atom stereocenters. The first-order valence-corrected chi connectivity index (χ1v) is 4.48. The lowest BCUT2D eigenvalue weighted by Gasteiger charge is -2.27. The molecule has 4 N–H and O–H groups in total. The molecule has 2 rings (SSSR count). The highest BCUT2D eigenvalue weighted by Crippen LogP contribution is 2.62. The fourth-order valence-corrected chi connectivity index (χ4v) is 2.47. The van der Waals surface area contributed by atoms with Crippen LogP contribution in [0.25, 0.3) is 0 Å². The van der Waals surface area contributed by atoms with E-state index in [1.54, 1.807) is 0 Å². The van der Waals surface area contributed by atoms with Crippen molar-refractivity contribution in [1.82, 2.24) is 0 Å². The number of fused-ring (bicyclic) bond motifs is 1. The van der Waals surface area contributed by atoms with Crippen LogP contribution in [0.2, 0.25) is 0 Å². The van der Waals surface area contributed by atoms with Crippen LogP contribution in [0, 0.1) is 29.1 Å². The maximum Gasteiger partial charge on any atom is 0.0529 e. The molecular weight excluding hydrogens is 148 g/mol. The standard InChI is InChI=1S/C10H16N2/c1-6-4-5-7-9(2,3)10(7,12)8(6)11/h6-8H,11-12H2,1-3H3. The van der Waals surface area contributed by atoms with Crippen LogP contribution in [-0.2, 0) is 0 Å². The molecule has 0 spiro atoms. The van der Waals surface area contributed by atoms with Crippen LogP contribution in [0.15, 0.2) is 0 Å². The molecule has 66 valence electrons. The summed E-state index contributed by atoms with van der Waals surface area (Å²) in [4.78, 5) is 0. The van der Waals surface area contributed by atoms with E-state index in [1.165, 1.54) is 0 Å². The minimum absolute atomic E-state index is 0.0405. The molecule has 2 heteroatoms. The molecule has 4 atom stereocenters. The summed E-state index contributed by atoms with van der Waals surface area (Å²) < 4.78 is 0. The van der Waals surface area contributed by atoms with Gasteiger partial charge in [0, 0.05) is 23.3 Å². The highest BCUT2D eigenvalue weighted by molar-refractivity contribution is 5.41. The van der Waals surface area contributed by atoms with Crippen LogP contribution in [0.5, 0.6) is 0 Å². The van der Waals surface area contributed by atoms with Crippen molar-refractivity contribution < 1.29 is 0 Å². The molecule has 0 aromatic heterocycles. The third-order valence-corrected chi connectivity index (χ3v) is 3.78. The number of rotatable bonds is 0. The highest BCUT2D eigenvalue weighted by Gasteiger charge is 2.72. The van der Waals surface area contributed by atoms with Gasteiger partial charge < -0.3 is 11.5 Å². The quantitative estimate of drug-likeness (QED) is 0.507. The van der Waals surface area contributed by atoms with E-state index in [0.717, 1.165) is 0 Å². The predicted molar refractivity (Wildman–Crippen MR) is 49.1 cm³/mol. The molecule has 0 saturated heterocycles. The molecule has 2 aliphatic carbocycles. The molecule has 0 aliphatic heterocycles. The Morgan fingerprint density at radius 1 is 1.25 bits per heavy atom. The van der Waals surface area contributed by atoms with Gasteiger partial charge in [-0.25, -0.2) is 0 Å². The molecule has 1 saturated carbocycles. The van der Waals surface area contributed by atoms with Gasteiger partial charge in [-0.05, 0) is 6.92 Å². The molecular formula is C10H16N2. The third-order valence-electron chi connectivity index (χ3n) is 3.78. The second-order valence-corrected chi connectivity index (χ2v) is 4.69. The van der Waals surface area contributed by atoms with E-state index in [0.29, 0.717) is 5.92 Å². The van der Waals surface area contributed by atoms with Crippen molar-refractivity contribution in [1.29, 1.82) is 0 Å². The zero-order valence-corrected chi connectivity index (χ0v) is 7.89. The molecule has 2 nitrogen and oxygen atoms in total. The van der Waals surface area contributed by atoms with Crippen molar-refractivity contribution in [3.05, 3.63) is 0 Å². The summed E-state index contributed by atoms with van der Waals surface area (Å²) in [6, 6.07) is 0.0405. The lowest BCUT2D eigenvalue weighted by Crippen LogP contribution is -2.52. The molecule has 0 bridgehead atoms. The van der Waals surface area contributed by atoms with Gasteiger partial charge in [0.2, 0.25) is 0 Å². The van der Waals surface area contributed by atoms with E-state index < -0.39 is 0 Å². The van der Waals surface area contributed by atoms with Gasteiger partial charge >= 0.3 is 0 Å².